The Hall–Kier alpha value is -2.35. The monoisotopic (exact) mass is 395 g/mol. The van der Waals surface area contributed by atoms with Crippen molar-refractivity contribution in [2.24, 2.45) is 0 Å². The molecule has 1 aromatic carbocycles. The summed E-state index contributed by atoms with van der Waals surface area (Å²) in [5, 5.41) is 7.07. The largest absolute Gasteiger partial charge is 0.493 e. The van der Waals surface area contributed by atoms with Crippen LogP contribution in [0, 0.1) is 0 Å². The van der Waals surface area contributed by atoms with Gasteiger partial charge in [-0.15, -0.1) is 0 Å². The molecular weight excluding hydrogens is 371 g/mol. The molecule has 28 heavy (non-hydrogen) atoms. The number of benzene rings is 1. The van der Waals surface area contributed by atoms with Gasteiger partial charge in [0.25, 0.3) is 0 Å². The summed E-state index contributed by atoms with van der Waals surface area (Å²) >= 11 is 0. The fourth-order valence-electron chi connectivity index (χ4n) is 3.05. The minimum Gasteiger partial charge on any atom is -0.493 e. The first kappa shape index (κ1) is 20.4. The molecule has 1 aromatic heterocycles. The number of unbranched alkanes of at least 4 members (excludes halogenated alkanes) is 1. The molecule has 1 aliphatic rings. The Morgan fingerprint density at radius 1 is 1.29 bits per heavy atom. The molecule has 8 heteroatoms. The maximum absolute atomic E-state index is 13.5. The summed E-state index contributed by atoms with van der Waals surface area (Å²) in [5.74, 6) is 0.352. The Kier molecular flexibility index (Phi) is 6.72. The number of hydrogen-bond acceptors (Lipinski definition) is 5. The fraction of sp³-hybridized carbons (Fsp3) is 0.500. The third kappa shape index (κ3) is 5.13. The molecule has 5 nitrogen and oxygen atoms in total. The molecule has 0 bridgehead atoms. The summed E-state index contributed by atoms with van der Waals surface area (Å²) in [4.78, 5) is 4.26. The van der Waals surface area contributed by atoms with E-state index in [4.69, 9.17) is 9.26 Å². The number of nitrogens with zero attached hydrogens (tertiary/aromatic N) is 2. The minimum absolute atomic E-state index is 0.0355. The zero-order valence-electron chi connectivity index (χ0n) is 15.8. The molecule has 0 radical (unpaired) electrons. The summed E-state index contributed by atoms with van der Waals surface area (Å²) in [7, 11) is 0. The number of aromatic nitrogens is 2. The van der Waals surface area contributed by atoms with Crippen LogP contribution < -0.4 is 10.1 Å². The van der Waals surface area contributed by atoms with E-state index in [9.17, 15) is 13.2 Å². The SMILES string of the molecule is CCC/C=C\CCOc1ccc(-c2noc(C3CCCN3)n2)cc1C(F)(F)F. The molecule has 1 saturated heterocycles. The highest BCUT2D eigenvalue weighted by Crippen LogP contribution is 2.38. The molecule has 0 amide bonds. The van der Waals surface area contributed by atoms with Gasteiger partial charge in [0.05, 0.1) is 18.2 Å². The van der Waals surface area contributed by atoms with E-state index >= 15 is 0 Å². The molecule has 152 valence electrons. The lowest BCUT2D eigenvalue weighted by Gasteiger charge is -2.14. The van der Waals surface area contributed by atoms with E-state index in [-0.39, 0.29) is 29.8 Å². The van der Waals surface area contributed by atoms with Crippen molar-refractivity contribution in [1.82, 2.24) is 15.5 Å². The van der Waals surface area contributed by atoms with Crippen LogP contribution in [0.3, 0.4) is 0 Å². The second-order valence-corrected chi connectivity index (χ2v) is 6.71. The quantitative estimate of drug-likeness (QED) is 0.485. The molecule has 1 fully saturated rings. The topological polar surface area (TPSA) is 60.2 Å². The first-order valence-corrected chi connectivity index (χ1v) is 9.55. The zero-order chi connectivity index (χ0) is 20.0. The van der Waals surface area contributed by atoms with Gasteiger partial charge in [-0.3, -0.25) is 0 Å². The number of allylic oxidation sites excluding steroid dienone is 1. The van der Waals surface area contributed by atoms with Crippen LogP contribution >= 0.6 is 0 Å². The average Bonchev–Trinajstić information content (AvgIpc) is 3.35. The van der Waals surface area contributed by atoms with Crippen LogP contribution in [0.25, 0.3) is 11.4 Å². The molecule has 0 saturated carbocycles. The maximum Gasteiger partial charge on any atom is 0.419 e. The van der Waals surface area contributed by atoms with Gasteiger partial charge in [0.2, 0.25) is 11.7 Å². The standard InChI is InChI=1S/C20H24F3N3O2/c1-2-3-4-5-6-12-27-17-10-9-14(13-15(17)20(21,22)23)18-25-19(28-26-18)16-8-7-11-24-16/h4-5,9-10,13,16,24H,2-3,6-8,11-12H2,1H3/b5-4-. The number of halogens is 3. The third-order valence-electron chi connectivity index (χ3n) is 4.51. The van der Waals surface area contributed by atoms with Crippen LogP contribution in [0.15, 0.2) is 34.9 Å². The van der Waals surface area contributed by atoms with Gasteiger partial charge >= 0.3 is 6.18 Å². The normalized spacial score (nSPS) is 17.5. The molecule has 2 heterocycles. The maximum atomic E-state index is 13.5. The molecule has 1 N–H and O–H groups in total. The third-order valence-corrected chi connectivity index (χ3v) is 4.51. The number of rotatable bonds is 8. The Morgan fingerprint density at radius 2 is 2.11 bits per heavy atom. The van der Waals surface area contributed by atoms with Gasteiger partial charge in [0.15, 0.2) is 0 Å². The fourth-order valence-corrected chi connectivity index (χ4v) is 3.05. The predicted molar refractivity (Wildman–Crippen MR) is 98.9 cm³/mol. The lowest BCUT2D eigenvalue weighted by Crippen LogP contribution is -2.13. The zero-order valence-corrected chi connectivity index (χ0v) is 15.8. The van der Waals surface area contributed by atoms with Crippen LogP contribution in [0.4, 0.5) is 13.2 Å². The lowest BCUT2D eigenvalue weighted by atomic mass is 10.1. The van der Waals surface area contributed by atoms with Crippen LogP contribution in [0.1, 0.15) is 56.5 Å². The van der Waals surface area contributed by atoms with Crippen molar-refractivity contribution in [1.29, 1.82) is 0 Å². The van der Waals surface area contributed by atoms with Crippen molar-refractivity contribution in [3.63, 3.8) is 0 Å². The van der Waals surface area contributed by atoms with Crippen molar-refractivity contribution in [2.45, 2.75) is 51.2 Å². The summed E-state index contributed by atoms with van der Waals surface area (Å²) in [6, 6.07) is 3.82. The summed E-state index contributed by atoms with van der Waals surface area (Å²) in [6.45, 7) is 3.11. The average molecular weight is 395 g/mol. The Bertz CT molecular complexity index is 796. The molecule has 1 aliphatic heterocycles. The van der Waals surface area contributed by atoms with Crippen LogP contribution in [0.5, 0.6) is 5.75 Å². The molecule has 2 aromatic rings. The molecule has 1 unspecified atom stereocenters. The summed E-state index contributed by atoms with van der Waals surface area (Å²) < 4.78 is 51.1. The summed E-state index contributed by atoms with van der Waals surface area (Å²) in [5.41, 5.74) is -0.594. The summed E-state index contributed by atoms with van der Waals surface area (Å²) in [6.07, 6.45) is 3.80. The van der Waals surface area contributed by atoms with Gasteiger partial charge in [-0.25, -0.2) is 0 Å². The molecule has 3 rings (SSSR count). The van der Waals surface area contributed by atoms with Gasteiger partial charge in [0, 0.05) is 5.56 Å². The van der Waals surface area contributed by atoms with Gasteiger partial charge in [0.1, 0.15) is 5.75 Å². The van der Waals surface area contributed by atoms with E-state index < -0.39 is 11.7 Å². The highest BCUT2D eigenvalue weighted by molar-refractivity contribution is 5.59. The Morgan fingerprint density at radius 3 is 2.82 bits per heavy atom. The van der Waals surface area contributed by atoms with E-state index in [0.717, 1.165) is 38.3 Å². The Labute approximate surface area is 162 Å². The van der Waals surface area contributed by atoms with Gasteiger partial charge in [-0.2, -0.15) is 18.2 Å². The second kappa shape index (κ2) is 9.23. The minimum atomic E-state index is -4.54. The van der Waals surface area contributed by atoms with E-state index in [0.29, 0.717) is 12.3 Å². The molecular formula is C20H24F3N3O2. The van der Waals surface area contributed by atoms with E-state index in [1.165, 1.54) is 12.1 Å². The number of nitrogens with one attached hydrogen (secondary N) is 1. The molecule has 1 atom stereocenters. The second-order valence-electron chi connectivity index (χ2n) is 6.71. The van der Waals surface area contributed by atoms with Crippen molar-refractivity contribution < 1.29 is 22.4 Å². The van der Waals surface area contributed by atoms with Gasteiger partial charge in [-0.05, 0) is 50.4 Å². The Balaban J connectivity index is 1.75. The van der Waals surface area contributed by atoms with Crippen molar-refractivity contribution in [2.75, 3.05) is 13.2 Å². The van der Waals surface area contributed by atoms with Crippen molar-refractivity contribution in [3.05, 3.63) is 41.8 Å². The van der Waals surface area contributed by atoms with Gasteiger partial charge in [-0.1, -0.05) is 30.7 Å². The lowest BCUT2D eigenvalue weighted by molar-refractivity contribution is -0.138. The van der Waals surface area contributed by atoms with Crippen molar-refractivity contribution >= 4 is 0 Å². The first-order valence-electron chi connectivity index (χ1n) is 9.55. The molecule has 0 aliphatic carbocycles. The van der Waals surface area contributed by atoms with E-state index in [1.54, 1.807) is 0 Å². The first-order chi connectivity index (χ1) is 13.5. The highest BCUT2D eigenvalue weighted by atomic mass is 19.4. The predicted octanol–water partition coefficient (Wildman–Crippen LogP) is 5.31. The van der Waals surface area contributed by atoms with E-state index in [2.05, 4.69) is 22.4 Å². The van der Waals surface area contributed by atoms with E-state index in [1.807, 2.05) is 12.2 Å². The van der Waals surface area contributed by atoms with Crippen molar-refractivity contribution in [3.8, 4) is 17.1 Å². The van der Waals surface area contributed by atoms with Gasteiger partial charge < -0.3 is 14.6 Å². The van der Waals surface area contributed by atoms with Crippen LogP contribution in [-0.4, -0.2) is 23.3 Å². The highest BCUT2D eigenvalue weighted by Gasteiger charge is 2.35. The molecule has 0 spiro atoms. The number of ether oxygens (including phenoxy) is 1. The number of hydrogen-bond donors (Lipinski definition) is 1. The van der Waals surface area contributed by atoms with Crippen LogP contribution in [0.2, 0.25) is 0 Å². The smallest absolute Gasteiger partial charge is 0.419 e. The van der Waals surface area contributed by atoms with Crippen LogP contribution in [-0.2, 0) is 6.18 Å². The number of alkyl halides is 3.